The second-order valence-electron chi connectivity index (χ2n) is 14.0. The molecule has 5 heteroatoms. The molecular weight excluding hydrogens is 452 g/mol. The highest BCUT2D eigenvalue weighted by molar-refractivity contribution is 6.74. The summed E-state index contributed by atoms with van der Waals surface area (Å²) in [5.74, 6) is 1.49. The smallest absolute Gasteiger partial charge is 0.192 e. The molecule has 0 saturated heterocycles. The van der Waals surface area contributed by atoms with Gasteiger partial charge in [-0.05, 0) is 72.9 Å². The molecule has 0 bridgehead atoms. The van der Waals surface area contributed by atoms with Gasteiger partial charge in [0, 0.05) is 5.92 Å². The van der Waals surface area contributed by atoms with Gasteiger partial charge < -0.3 is 14.0 Å². The molecule has 2 aliphatic carbocycles. The van der Waals surface area contributed by atoms with Crippen LogP contribution >= 0.6 is 0 Å². The van der Waals surface area contributed by atoms with Crippen LogP contribution in [0.2, 0.25) is 36.3 Å². The maximum absolute atomic E-state index is 9.78. The number of aliphatic hydroxyl groups excluding tert-OH is 1. The zero-order valence-electron chi connectivity index (χ0n) is 24.3. The van der Waals surface area contributed by atoms with E-state index in [0.717, 1.165) is 19.3 Å². The fourth-order valence-corrected chi connectivity index (χ4v) is 7.65. The summed E-state index contributed by atoms with van der Waals surface area (Å²) in [6, 6.07) is 0. The SMILES string of the molecule is CCCCC[C@@H](/C=C/[C@H]1[C@H]2CC(CO)=C[C@H]2C[C@H]1O[Si](C)(C)C(C)(C)C)O[Si](C)(C)C(C)(C)C. The lowest BCUT2D eigenvalue weighted by atomic mass is 9.89. The molecule has 0 spiro atoms. The first-order valence-corrected chi connectivity index (χ1v) is 19.7. The van der Waals surface area contributed by atoms with E-state index in [4.69, 9.17) is 8.85 Å². The molecule has 0 radical (unpaired) electrons. The predicted molar refractivity (Wildman–Crippen MR) is 152 cm³/mol. The largest absolute Gasteiger partial charge is 0.413 e. The third-order valence-corrected chi connectivity index (χ3v) is 18.3. The molecule has 5 atom stereocenters. The molecule has 0 aromatic carbocycles. The van der Waals surface area contributed by atoms with E-state index < -0.39 is 16.6 Å². The Bertz CT molecular complexity index is 712. The number of fused-ring (bicyclic) bond motifs is 1. The van der Waals surface area contributed by atoms with Crippen molar-refractivity contribution in [2.24, 2.45) is 17.8 Å². The van der Waals surface area contributed by atoms with Gasteiger partial charge in [0.2, 0.25) is 0 Å². The fraction of sp³-hybridized carbons (Fsp3) is 0.862. The van der Waals surface area contributed by atoms with Crippen molar-refractivity contribution in [3.8, 4) is 0 Å². The zero-order valence-corrected chi connectivity index (χ0v) is 26.3. The van der Waals surface area contributed by atoms with Crippen LogP contribution < -0.4 is 0 Å². The monoisotopic (exact) mass is 508 g/mol. The van der Waals surface area contributed by atoms with Crippen molar-refractivity contribution in [3.63, 3.8) is 0 Å². The maximum atomic E-state index is 9.78. The molecule has 2 rings (SSSR count). The predicted octanol–water partition coefficient (Wildman–Crippen LogP) is 8.48. The normalized spacial score (nSPS) is 27.4. The molecule has 3 nitrogen and oxygen atoms in total. The molecule has 1 N–H and O–H groups in total. The van der Waals surface area contributed by atoms with Crippen LogP contribution in [0.25, 0.3) is 0 Å². The number of rotatable bonds is 11. The highest BCUT2D eigenvalue weighted by Gasteiger charge is 2.48. The summed E-state index contributed by atoms with van der Waals surface area (Å²) in [6.45, 7) is 26.0. The second kappa shape index (κ2) is 11.5. The van der Waals surface area contributed by atoms with Crippen LogP contribution in [0.5, 0.6) is 0 Å². The third-order valence-electron chi connectivity index (χ3n) is 9.27. The Morgan fingerprint density at radius 3 is 2.18 bits per heavy atom. The number of hydrogen-bond acceptors (Lipinski definition) is 3. The first-order valence-electron chi connectivity index (χ1n) is 13.9. The van der Waals surface area contributed by atoms with Gasteiger partial charge in [-0.3, -0.25) is 0 Å². The molecule has 0 aromatic heterocycles. The third kappa shape index (κ3) is 7.41. The van der Waals surface area contributed by atoms with Crippen LogP contribution in [0.15, 0.2) is 23.8 Å². The van der Waals surface area contributed by atoms with Gasteiger partial charge in [-0.25, -0.2) is 0 Å². The Morgan fingerprint density at radius 2 is 1.65 bits per heavy atom. The van der Waals surface area contributed by atoms with E-state index in [0.29, 0.717) is 17.8 Å². The molecule has 198 valence electrons. The summed E-state index contributed by atoms with van der Waals surface area (Å²) in [7, 11) is -3.71. The van der Waals surface area contributed by atoms with E-state index in [1.165, 1.54) is 24.8 Å². The van der Waals surface area contributed by atoms with Crippen LogP contribution in [0, 0.1) is 17.8 Å². The molecule has 0 aliphatic heterocycles. The highest BCUT2D eigenvalue weighted by atomic mass is 28.4. The Balaban J connectivity index is 2.28. The number of unbranched alkanes of at least 4 members (excludes halogenated alkanes) is 2. The number of aliphatic hydroxyl groups is 1. The van der Waals surface area contributed by atoms with Crippen LogP contribution in [-0.4, -0.2) is 40.6 Å². The Kier molecular flexibility index (Phi) is 10.1. The summed E-state index contributed by atoms with van der Waals surface area (Å²) in [5, 5.41) is 10.2. The Hall–Kier alpha value is -0.206. The second-order valence-corrected chi connectivity index (χ2v) is 23.6. The van der Waals surface area contributed by atoms with Crippen LogP contribution in [0.4, 0.5) is 0 Å². The van der Waals surface area contributed by atoms with Crippen molar-refractivity contribution in [1.29, 1.82) is 0 Å². The van der Waals surface area contributed by atoms with Gasteiger partial charge in [-0.1, -0.05) is 86.0 Å². The van der Waals surface area contributed by atoms with E-state index >= 15 is 0 Å². The summed E-state index contributed by atoms with van der Waals surface area (Å²) >= 11 is 0. The summed E-state index contributed by atoms with van der Waals surface area (Å²) < 4.78 is 14.0. The van der Waals surface area contributed by atoms with Gasteiger partial charge in [0.25, 0.3) is 0 Å². The van der Waals surface area contributed by atoms with Gasteiger partial charge in [0.05, 0.1) is 18.8 Å². The van der Waals surface area contributed by atoms with E-state index in [2.05, 4.69) is 92.9 Å². The number of allylic oxidation sites excluding steroid dienone is 1. The summed E-state index contributed by atoms with van der Waals surface area (Å²) in [4.78, 5) is 0. The molecule has 1 saturated carbocycles. The van der Waals surface area contributed by atoms with Crippen molar-refractivity contribution in [2.75, 3.05) is 6.61 Å². The van der Waals surface area contributed by atoms with Crippen LogP contribution in [0.3, 0.4) is 0 Å². The van der Waals surface area contributed by atoms with E-state index in [1.807, 2.05) is 0 Å². The van der Waals surface area contributed by atoms with Gasteiger partial charge >= 0.3 is 0 Å². The van der Waals surface area contributed by atoms with Gasteiger partial charge in [0.15, 0.2) is 16.6 Å². The average molecular weight is 509 g/mol. The van der Waals surface area contributed by atoms with Gasteiger partial charge in [0.1, 0.15) is 0 Å². The molecule has 34 heavy (non-hydrogen) atoms. The Morgan fingerprint density at radius 1 is 1.03 bits per heavy atom. The minimum absolute atomic E-state index is 0.187. The van der Waals surface area contributed by atoms with Crippen molar-refractivity contribution in [1.82, 2.24) is 0 Å². The first-order chi connectivity index (χ1) is 15.5. The standard InChI is InChI=1S/C29H56O3Si2/c1-12-13-14-15-24(31-33(8,9)28(2,3)4)16-17-25-26-19-22(21-30)18-23(26)20-27(25)32-34(10,11)29(5,6)7/h16-18,23-27,30H,12-15,19-21H2,1-11H3/b17-16+/t23-,24-,25-,26-,27+/m0/s1. The van der Waals surface area contributed by atoms with Gasteiger partial charge in [-0.15, -0.1) is 0 Å². The first kappa shape index (κ1) is 30.0. The molecule has 0 heterocycles. The fourth-order valence-electron chi connectivity index (χ4n) is 4.98. The van der Waals surface area contributed by atoms with Crippen LogP contribution in [-0.2, 0) is 8.85 Å². The van der Waals surface area contributed by atoms with E-state index in [9.17, 15) is 5.11 Å². The lowest BCUT2D eigenvalue weighted by Gasteiger charge is -2.40. The molecular formula is C29H56O3Si2. The molecule has 0 unspecified atom stereocenters. The molecule has 0 aromatic rings. The van der Waals surface area contributed by atoms with Crippen molar-refractivity contribution in [2.45, 2.75) is 135 Å². The van der Waals surface area contributed by atoms with E-state index in [-0.39, 0.29) is 28.9 Å². The maximum Gasteiger partial charge on any atom is 0.192 e. The van der Waals surface area contributed by atoms with Crippen molar-refractivity contribution in [3.05, 3.63) is 23.8 Å². The molecule has 2 aliphatic rings. The van der Waals surface area contributed by atoms with Crippen molar-refractivity contribution >= 4 is 16.6 Å². The summed E-state index contributed by atoms with van der Waals surface area (Å²) in [6.07, 6.45) is 14.6. The minimum atomic E-state index is -1.86. The van der Waals surface area contributed by atoms with Crippen molar-refractivity contribution < 1.29 is 14.0 Å². The lowest BCUT2D eigenvalue weighted by molar-refractivity contribution is 0.146. The number of hydrogen-bond donors (Lipinski definition) is 1. The van der Waals surface area contributed by atoms with Gasteiger partial charge in [-0.2, -0.15) is 0 Å². The highest BCUT2D eigenvalue weighted by Crippen LogP contribution is 2.50. The molecule has 1 fully saturated rings. The average Bonchev–Trinajstić information content (AvgIpc) is 3.21. The minimum Gasteiger partial charge on any atom is -0.413 e. The Labute approximate surface area is 214 Å². The quantitative estimate of drug-likeness (QED) is 0.173. The lowest BCUT2D eigenvalue weighted by Crippen LogP contribution is -2.45. The zero-order chi connectivity index (χ0) is 25.9. The molecule has 0 amide bonds. The summed E-state index contributed by atoms with van der Waals surface area (Å²) in [5.41, 5.74) is 1.22. The van der Waals surface area contributed by atoms with Crippen LogP contribution in [0.1, 0.15) is 87.0 Å². The topological polar surface area (TPSA) is 38.7 Å². The van der Waals surface area contributed by atoms with E-state index in [1.54, 1.807) is 0 Å².